The quantitative estimate of drug-likeness (QED) is 0.859. The van der Waals surface area contributed by atoms with Gasteiger partial charge in [0.15, 0.2) is 0 Å². The summed E-state index contributed by atoms with van der Waals surface area (Å²) < 4.78 is 0. The lowest BCUT2D eigenvalue weighted by atomic mass is 9.90. The molecule has 0 atom stereocenters. The Balaban J connectivity index is 0.000000613. The summed E-state index contributed by atoms with van der Waals surface area (Å²) in [4.78, 5) is 18.1. The fraction of sp³-hybridized carbons (Fsp3) is 0.429. The molecular weight excluding hydrogens is 326 g/mol. The number of anilines is 1. The Morgan fingerprint density at radius 3 is 2.31 bits per heavy atom. The summed E-state index contributed by atoms with van der Waals surface area (Å²) in [7, 11) is 0. The van der Waals surface area contributed by atoms with Gasteiger partial charge in [-0.25, -0.2) is 0 Å². The molecule has 2 aromatic rings. The van der Waals surface area contributed by atoms with Gasteiger partial charge in [-0.3, -0.25) is 14.7 Å². The van der Waals surface area contributed by atoms with Crippen LogP contribution < -0.4 is 4.90 Å². The highest BCUT2D eigenvalue weighted by Gasteiger charge is 2.35. The number of piperidine rings is 1. The molecule has 1 aromatic carbocycles. The van der Waals surface area contributed by atoms with Crippen LogP contribution in [0.5, 0.6) is 0 Å². The molecule has 3 heterocycles. The van der Waals surface area contributed by atoms with Crippen molar-refractivity contribution >= 4 is 12.2 Å². The van der Waals surface area contributed by atoms with Crippen molar-refractivity contribution in [3.8, 4) is 0 Å². The van der Waals surface area contributed by atoms with E-state index in [0.29, 0.717) is 5.92 Å². The molecule has 2 aliphatic heterocycles. The number of nitrogens with zero attached hydrogens (tertiary/aromatic N) is 3. The second kappa shape index (κ2) is 8.81. The summed E-state index contributed by atoms with van der Waals surface area (Å²) in [5.74, 6) is 0.645. The Morgan fingerprint density at radius 1 is 1.08 bits per heavy atom. The highest BCUT2D eigenvalue weighted by atomic mass is 16.3. The minimum absolute atomic E-state index is 0.250. The van der Waals surface area contributed by atoms with Gasteiger partial charge in [0.25, 0.3) is 6.47 Å². The van der Waals surface area contributed by atoms with Gasteiger partial charge in [0.05, 0.1) is 0 Å². The number of hydrogen-bond acceptors (Lipinski definition) is 4. The largest absolute Gasteiger partial charge is 0.483 e. The van der Waals surface area contributed by atoms with E-state index < -0.39 is 0 Å². The number of rotatable bonds is 3. The Kier molecular flexibility index (Phi) is 6.23. The van der Waals surface area contributed by atoms with E-state index in [1.165, 1.54) is 56.0 Å². The van der Waals surface area contributed by atoms with Crippen molar-refractivity contribution in [2.75, 3.05) is 31.1 Å². The van der Waals surface area contributed by atoms with Crippen molar-refractivity contribution in [2.24, 2.45) is 0 Å². The predicted molar refractivity (Wildman–Crippen MR) is 104 cm³/mol. The van der Waals surface area contributed by atoms with Gasteiger partial charge < -0.3 is 10.0 Å². The average molecular weight is 353 g/mol. The number of aryl methyl sites for hydroxylation is 1. The number of carboxylic acid groups (broad SMARTS) is 1. The first-order valence-electron chi connectivity index (χ1n) is 9.25. The summed E-state index contributed by atoms with van der Waals surface area (Å²) in [6.45, 7) is 6.63. The molecule has 5 heteroatoms. The van der Waals surface area contributed by atoms with Crippen LogP contribution in [0.2, 0.25) is 0 Å². The third-order valence-electron chi connectivity index (χ3n) is 5.40. The first-order chi connectivity index (χ1) is 12.7. The third kappa shape index (κ3) is 4.41. The fourth-order valence-electron chi connectivity index (χ4n) is 3.86. The van der Waals surface area contributed by atoms with Crippen LogP contribution in [0.1, 0.15) is 30.0 Å². The van der Waals surface area contributed by atoms with Gasteiger partial charge in [-0.15, -0.1) is 0 Å². The Labute approximate surface area is 155 Å². The highest BCUT2D eigenvalue weighted by Crippen LogP contribution is 2.31. The lowest BCUT2D eigenvalue weighted by Crippen LogP contribution is -2.54. The fourth-order valence-corrected chi connectivity index (χ4v) is 3.86. The van der Waals surface area contributed by atoms with Gasteiger partial charge in [0.2, 0.25) is 0 Å². The molecule has 0 saturated carbocycles. The van der Waals surface area contributed by atoms with Crippen molar-refractivity contribution < 1.29 is 9.90 Å². The Bertz CT molecular complexity index is 676. The van der Waals surface area contributed by atoms with Crippen LogP contribution in [0.25, 0.3) is 0 Å². The molecule has 0 bridgehead atoms. The number of benzene rings is 1. The molecule has 2 fully saturated rings. The zero-order valence-corrected chi connectivity index (χ0v) is 15.3. The zero-order valence-electron chi connectivity index (χ0n) is 15.3. The van der Waals surface area contributed by atoms with E-state index in [-0.39, 0.29) is 6.47 Å². The van der Waals surface area contributed by atoms with E-state index in [1.54, 1.807) is 0 Å². The van der Waals surface area contributed by atoms with Crippen molar-refractivity contribution in [1.82, 2.24) is 9.88 Å². The van der Waals surface area contributed by atoms with Gasteiger partial charge in [0, 0.05) is 55.7 Å². The molecule has 138 valence electrons. The lowest BCUT2D eigenvalue weighted by molar-refractivity contribution is -0.122. The molecule has 0 unspecified atom stereocenters. The number of likely N-dealkylation sites (tertiary alicyclic amines) is 1. The number of aromatic nitrogens is 1. The first kappa shape index (κ1) is 18.4. The Hall–Kier alpha value is -2.40. The first-order valence-corrected chi connectivity index (χ1v) is 9.25. The summed E-state index contributed by atoms with van der Waals surface area (Å²) in [5.41, 5.74) is 3.98. The maximum atomic E-state index is 8.36. The van der Waals surface area contributed by atoms with Crippen molar-refractivity contribution in [1.29, 1.82) is 0 Å². The highest BCUT2D eigenvalue weighted by molar-refractivity contribution is 5.47. The van der Waals surface area contributed by atoms with Crippen LogP contribution in [0, 0.1) is 6.92 Å². The molecule has 0 aliphatic carbocycles. The van der Waals surface area contributed by atoms with E-state index in [9.17, 15) is 0 Å². The van der Waals surface area contributed by atoms with Crippen molar-refractivity contribution in [2.45, 2.75) is 31.7 Å². The second-order valence-electron chi connectivity index (χ2n) is 7.06. The summed E-state index contributed by atoms with van der Waals surface area (Å²) >= 11 is 0. The SMILES string of the molecule is Cc1ccc(N2CCC(N3CC(c4ccccn4)C3)CC2)cc1.O=CO. The predicted octanol–water partition coefficient (Wildman–Crippen LogP) is 3.16. The molecule has 4 rings (SSSR count). The monoisotopic (exact) mass is 353 g/mol. The molecule has 26 heavy (non-hydrogen) atoms. The molecule has 1 N–H and O–H groups in total. The van der Waals surface area contributed by atoms with E-state index in [1.807, 2.05) is 12.3 Å². The van der Waals surface area contributed by atoms with E-state index in [2.05, 4.69) is 58.1 Å². The van der Waals surface area contributed by atoms with Crippen LogP contribution in [-0.2, 0) is 4.79 Å². The zero-order chi connectivity index (χ0) is 18.4. The van der Waals surface area contributed by atoms with Crippen LogP contribution in [-0.4, -0.2) is 53.7 Å². The van der Waals surface area contributed by atoms with Crippen molar-refractivity contribution in [3.63, 3.8) is 0 Å². The summed E-state index contributed by atoms with van der Waals surface area (Å²) in [6, 6.07) is 16.0. The standard InChI is InChI=1S/C20H25N3.CH2O2/c1-16-5-7-18(8-6-16)22-12-9-19(10-13-22)23-14-17(15-23)20-4-2-3-11-21-20;2-1-3/h2-8,11,17,19H,9-10,12-15H2,1H3;1H,(H,2,3). The maximum absolute atomic E-state index is 8.36. The minimum atomic E-state index is -0.250. The van der Waals surface area contributed by atoms with E-state index in [4.69, 9.17) is 9.90 Å². The van der Waals surface area contributed by atoms with Gasteiger partial charge in [-0.05, 0) is 44.0 Å². The molecule has 0 amide bonds. The molecular formula is C21H27N3O2. The number of hydrogen-bond donors (Lipinski definition) is 1. The van der Waals surface area contributed by atoms with Crippen LogP contribution in [0.3, 0.4) is 0 Å². The van der Waals surface area contributed by atoms with E-state index in [0.717, 1.165) is 6.04 Å². The molecule has 0 spiro atoms. The van der Waals surface area contributed by atoms with Gasteiger partial charge in [-0.2, -0.15) is 0 Å². The summed E-state index contributed by atoms with van der Waals surface area (Å²) in [6.07, 6.45) is 4.48. The summed E-state index contributed by atoms with van der Waals surface area (Å²) in [5, 5.41) is 6.89. The lowest BCUT2D eigenvalue weighted by Gasteiger charge is -2.47. The Morgan fingerprint density at radius 2 is 1.73 bits per heavy atom. The number of carbonyl (C=O) groups is 1. The van der Waals surface area contributed by atoms with Crippen LogP contribution in [0.4, 0.5) is 5.69 Å². The average Bonchev–Trinajstić information content (AvgIpc) is 2.63. The van der Waals surface area contributed by atoms with Crippen LogP contribution >= 0.6 is 0 Å². The molecule has 2 saturated heterocycles. The van der Waals surface area contributed by atoms with Crippen LogP contribution in [0.15, 0.2) is 48.7 Å². The minimum Gasteiger partial charge on any atom is -0.483 e. The molecule has 2 aliphatic rings. The van der Waals surface area contributed by atoms with Gasteiger partial charge in [-0.1, -0.05) is 23.8 Å². The molecule has 1 aromatic heterocycles. The second-order valence-corrected chi connectivity index (χ2v) is 7.06. The maximum Gasteiger partial charge on any atom is 0.290 e. The molecule has 0 radical (unpaired) electrons. The van der Waals surface area contributed by atoms with Gasteiger partial charge in [0.1, 0.15) is 0 Å². The normalized spacial score (nSPS) is 18.6. The number of pyridine rings is 1. The van der Waals surface area contributed by atoms with E-state index >= 15 is 0 Å². The topological polar surface area (TPSA) is 56.7 Å². The van der Waals surface area contributed by atoms with Crippen molar-refractivity contribution in [3.05, 3.63) is 59.9 Å². The van der Waals surface area contributed by atoms with Gasteiger partial charge >= 0.3 is 0 Å². The third-order valence-corrected chi connectivity index (χ3v) is 5.40. The smallest absolute Gasteiger partial charge is 0.290 e. The molecule has 5 nitrogen and oxygen atoms in total.